The van der Waals surface area contributed by atoms with Gasteiger partial charge in [-0.05, 0) is 31.4 Å². The molecule has 9 heteroatoms. The van der Waals surface area contributed by atoms with E-state index in [9.17, 15) is 0 Å². The number of nitrogens with zero attached hydrogens (tertiary/aromatic N) is 5. The number of piperidine rings is 1. The largest absolute Gasteiger partial charge is 0.354 e. The average Bonchev–Trinajstić information content (AvgIpc) is 2.80. The molecule has 0 saturated carbocycles. The fraction of sp³-hybridized carbons (Fsp3) is 0.500. The summed E-state index contributed by atoms with van der Waals surface area (Å²) in [5.41, 5.74) is 8.12. The van der Waals surface area contributed by atoms with Gasteiger partial charge < -0.3 is 31.6 Å². The number of piperazine rings is 1. The summed E-state index contributed by atoms with van der Waals surface area (Å²) in [7, 11) is 0. The van der Waals surface area contributed by atoms with Gasteiger partial charge in [0.05, 0.1) is 17.6 Å². The Morgan fingerprint density at radius 1 is 1.07 bits per heavy atom. The van der Waals surface area contributed by atoms with Crippen molar-refractivity contribution in [1.29, 1.82) is 5.41 Å². The Labute approximate surface area is 171 Å². The lowest BCUT2D eigenvalue weighted by Crippen LogP contribution is -2.43. The second-order valence-corrected chi connectivity index (χ2v) is 7.40. The Morgan fingerprint density at radius 3 is 2.52 bits per heavy atom. The quantitative estimate of drug-likeness (QED) is 0.543. The van der Waals surface area contributed by atoms with E-state index in [1.807, 2.05) is 18.3 Å². The summed E-state index contributed by atoms with van der Waals surface area (Å²) in [6, 6.07) is 4.04. The molecule has 4 heterocycles. The van der Waals surface area contributed by atoms with Gasteiger partial charge in [-0.25, -0.2) is 9.97 Å². The van der Waals surface area contributed by atoms with Crippen LogP contribution in [0.5, 0.6) is 0 Å². The maximum absolute atomic E-state index is 7.78. The molecule has 9 nitrogen and oxygen atoms in total. The normalized spacial score (nSPS) is 17.3. The molecular weight excluding hydrogens is 366 g/mol. The molecule has 0 amide bonds. The van der Waals surface area contributed by atoms with E-state index in [0.717, 1.165) is 69.2 Å². The van der Waals surface area contributed by atoms with Gasteiger partial charge in [0.1, 0.15) is 11.6 Å². The molecular formula is C20H29N9. The van der Waals surface area contributed by atoms with Crippen molar-refractivity contribution in [3.63, 3.8) is 0 Å². The Kier molecular flexibility index (Phi) is 6.16. The standard InChI is InChI=1S/C20H29N9/c21-12-16-17(13-22)26-20(29-8-2-1-3-9-29)27-19(16)25-15-4-5-18(24-14-15)28-10-6-23-7-11-28/h4-5,13-14,22-23H,1-3,6-12,21H2,(H,25,26,27). The van der Waals surface area contributed by atoms with Gasteiger partial charge in [-0.1, -0.05) is 0 Å². The van der Waals surface area contributed by atoms with Crippen LogP contribution in [0.25, 0.3) is 0 Å². The fourth-order valence-corrected chi connectivity index (χ4v) is 3.83. The van der Waals surface area contributed by atoms with Crippen molar-refractivity contribution < 1.29 is 0 Å². The lowest BCUT2D eigenvalue weighted by atomic mass is 10.1. The van der Waals surface area contributed by atoms with E-state index in [1.54, 1.807) is 0 Å². The van der Waals surface area contributed by atoms with Gasteiger partial charge in [0.25, 0.3) is 0 Å². The summed E-state index contributed by atoms with van der Waals surface area (Å²) < 4.78 is 0. The first-order valence-corrected chi connectivity index (χ1v) is 10.3. The molecule has 2 aliphatic rings. The summed E-state index contributed by atoms with van der Waals surface area (Å²) >= 11 is 0. The minimum atomic E-state index is 0.264. The molecule has 0 atom stereocenters. The smallest absolute Gasteiger partial charge is 0.227 e. The first-order chi connectivity index (χ1) is 14.3. The van der Waals surface area contributed by atoms with Crippen LogP contribution in [0.4, 0.5) is 23.3 Å². The van der Waals surface area contributed by atoms with Crippen LogP contribution in [0.2, 0.25) is 0 Å². The van der Waals surface area contributed by atoms with Gasteiger partial charge in [0.15, 0.2) is 0 Å². The molecule has 2 aromatic rings. The molecule has 2 aromatic heterocycles. The van der Waals surface area contributed by atoms with Crippen LogP contribution in [0, 0.1) is 5.41 Å². The molecule has 0 aromatic carbocycles. The van der Waals surface area contributed by atoms with Gasteiger partial charge in [0.2, 0.25) is 5.95 Å². The molecule has 2 saturated heterocycles. The molecule has 29 heavy (non-hydrogen) atoms. The summed E-state index contributed by atoms with van der Waals surface area (Å²) in [6.07, 6.45) is 6.61. The number of hydrogen-bond acceptors (Lipinski definition) is 9. The highest BCUT2D eigenvalue weighted by molar-refractivity contribution is 5.80. The Hall–Kier alpha value is -2.78. The third kappa shape index (κ3) is 4.46. The van der Waals surface area contributed by atoms with Crippen molar-refractivity contribution >= 4 is 29.5 Å². The van der Waals surface area contributed by atoms with Crippen LogP contribution in [0.15, 0.2) is 18.3 Å². The molecule has 2 aliphatic heterocycles. The van der Waals surface area contributed by atoms with Crippen molar-refractivity contribution in [2.45, 2.75) is 25.8 Å². The zero-order valence-corrected chi connectivity index (χ0v) is 16.7. The van der Waals surface area contributed by atoms with Crippen LogP contribution in [-0.4, -0.2) is 60.4 Å². The summed E-state index contributed by atoms with van der Waals surface area (Å²) in [6.45, 7) is 6.04. The second-order valence-electron chi connectivity index (χ2n) is 7.40. The molecule has 4 rings (SSSR count). The minimum absolute atomic E-state index is 0.264. The molecule has 0 bridgehead atoms. The van der Waals surface area contributed by atoms with Gasteiger partial charge in [-0.3, -0.25) is 0 Å². The number of pyridine rings is 1. The predicted octanol–water partition coefficient (Wildman–Crippen LogP) is 1.47. The highest BCUT2D eigenvalue weighted by atomic mass is 15.3. The molecule has 0 unspecified atom stereocenters. The molecule has 0 spiro atoms. The first-order valence-electron chi connectivity index (χ1n) is 10.3. The number of nitrogens with one attached hydrogen (secondary N) is 3. The monoisotopic (exact) mass is 395 g/mol. The Morgan fingerprint density at radius 2 is 1.86 bits per heavy atom. The number of aromatic nitrogens is 3. The molecule has 154 valence electrons. The van der Waals surface area contributed by atoms with Crippen LogP contribution in [0.3, 0.4) is 0 Å². The lowest BCUT2D eigenvalue weighted by Gasteiger charge is -2.28. The van der Waals surface area contributed by atoms with Gasteiger partial charge in [0, 0.05) is 57.6 Å². The number of anilines is 4. The number of hydrogen-bond donors (Lipinski definition) is 4. The zero-order chi connectivity index (χ0) is 20.1. The van der Waals surface area contributed by atoms with E-state index in [1.165, 1.54) is 12.6 Å². The minimum Gasteiger partial charge on any atom is -0.354 e. The third-order valence-electron chi connectivity index (χ3n) is 5.46. The van der Waals surface area contributed by atoms with Crippen LogP contribution >= 0.6 is 0 Å². The van der Waals surface area contributed by atoms with Crippen LogP contribution < -0.4 is 26.2 Å². The number of nitrogens with two attached hydrogens (primary N) is 1. The lowest BCUT2D eigenvalue weighted by molar-refractivity contribution is 0.568. The fourth-order valence-electron chi connectivity index (χ4n) is 3.83. The first kappa shape index (κ1) is 19.5. The molecule has 2 fully saturated rings. The summed E-state index contributed by atoms with van der Waals surface area (Å²) in [4.78, 5) is 18.4. The average molecular weight is 396 g/mol. The van der Waals surface area contributed by atoms with Crippen molar-refractivity contribution in [3.8, 4) is 0 Å². The molecule has 5 N–H and O–H groups in total. The van der Waals surface area contributed by atoms with E-state index < -0.39 is 0 Å². The van der Waals surface area contributed by atoms with E-state index >= 15 is 0 Å². The third-order valence-corrected chi connectivity index (χ3v) is 5.46. The highest BCUT2D eigenvalue weighted by Gasteiger charge is 2.19. The van der Waals surface area contributed by atoms with E-state index in [-0.39, 0.29) is 6.54 Å². The predicted molar refractivity (Wildman–Crippen MR) is 116 cm³/mol. The zero-order valence-electron chi connectivity index (χ0n) is 16.7. The van der Waals surface area contributed by atoms with Crippen molar-refractivity contribution in [1.82, 2.24) is 20.3 Å². The van der Waals surface area contributed by atoms with Crippen LogP contribution in [-0.2, 0) is 6.54 Å². The maximum Gasteiger partial charge on any atom is 0.227 e. The van der Waals surface area contributed by atoms with E-state index in [2.05, 4.69) is 30.4 Å². The van der Waals surface area contributed by atoms with Gasteiger partial charge in [-0.2, -0.15) is 4.98 Å². The second kappa shape index (κ2) is 9.15. The van der Waals surface area contributed by atoms with Crippen molar-refractivity contribution in [2.75, 3.05) is 54.4 Å². The maximum atomic E-state index is 7.78. The Bertz CT molecular complexity index is 825. The van der Waals surface area contributed by atoms with Crippen molar-refractivity contribution in [2.24, 2.45) is 5.73 Å². The Balaban J connectivity index is 1.58. The van der Waals surface area contributed by atoms with Crippen molar-refractivity contribution in [3.05, 3.63) is 29.6 Å². The van der Waals surface area contributed by atoms with Gasteiger partial charge >= 0.3 is 0 Å². The summed E-state index contributed by atoms with van der Waals surface area (Å²) in [5.74, 6) is 2.29. The number of rotatable bonds is 6. The van der Waals surface area contributed by atoms with E-state index in [4.69, 9.17) is 16.1 Å². The summed E-state index contributed by atoms with van der Waals surface area (Å²) in [5, 5.41) is 14.5. The highest BCUT2D eigenvalue weighted by Crippen LogP contribution is 2.25. The van der Waals surface area contributed by atoms with Gasteiger partial charge in [-0.15, -0.1) is 0 Å². The van der Waals surface area contributed by atoms with E-state index in [0.29, 0.717) is 17.5 Å². The topological polar surface area (TPSA) is 119 Å². The van der Waals surface area contributed by atoms with Crippen LogP contribution in [0.1, 0.15) is 30.5 Å². The SMILES string of the molecule is N=Cc1nc(N2CCCCC2)nc(Nc2ccc(N3CCNCC3)nc2)c1CN. The molecule has 0 aliphatic carbocycles. The molecule has 0 radical (unpaired) electrons.